The summed E-state index contributed by atoms with van der Waals surface area (Å²) in [6, 6.07) is 16.7. The zero-order chi connectivity index (χ0) is 23.2. The highest BCUT2D eigenvalue weighted by molar-refractivity contribution is 7.12. The monoisotopic (exact) mass is 464 g/mol. The highest BCUT2D eigenvalue weighted by Gasteiger charge is 2.15. The van der Waals surface area contributed by atoms with E-state index in [2.05, 4.69) is 10.4 Å². The molecular formula is C24H24N4O4S. The molecule has 0 aliphatic rings. The Labute approximate surface area is 195 Å². The average molecular weight is 465 g/mol. The number of nitrogens with one attached hydrogen (secondary N) is 1. The molecule has 0 atom stereocenters. The smallest absolute Gasteiger partial charge is 0.263 e. The molecule has 2 aromatic heterocycles. The molecule has 0 bridgehead atoms. The van der Waals surface area contributed by atoms with Crippen molar-refractivity contribution in [3.8, 4) is 33.6 Å². The molecule has 4 aromatic rings. The number of aryl methyl sites for hydroxylation is 1. The van der Waals surface area contributed by atoms with Gasteiger partial charge in [0.05, 0.1) is 25.1 Å². The molecule has 0 unspecified atom stereocenters. The van der Waals surface area contributed by atoms with Crippen molar-refractivity contribution in [2.45, 2.75) is 13.8 Å². The van der Waals surface area contributed by atoms with E-state index in [1.54, 1.807) is 36.1 Å². The van der Waals surface area contributed by atoms with Crippen molar-refractivity contribution < 1.29 is 19.0 Å². The first-order valence-corrected chi connectivity index (χ1v) is 11.3. The number of hydrogen-bond acceptors (Lipinski definition) is 7. The van der Waals surface area contributed by atoms with Crippen LogP contribution >= 0.6 is 11.3 Å². The minimum atomic E-state index is -0.303. The lowest BCUT2D eigenvalue weighted by Gasteiger charge is -2.09. The van der Waals surface area contributed by atoms with Gasteiger partial charge in [0.1, 0.15) is 23.1 Å². The first-order chi connectivity index (χ1) is 16.1. The maximum atomic E-state index is 12.5. The lowest BCUT2D eigenvalue weighted by molar-refractivity contribution is -0.118. The van der Waals surface area contributed by atoms with Crippen LogP contribution in [0.25, 0.3) is 16.4 Å². The molecule has 0 aliphatic carbocycles. The lowest BCUT2D eigenvalue weighted by Crippen LogP contribution is -2.21. The molecule has 0 radical (unpaired) electrons. The number of aromatic nitrogens is 3. The summed E-state index contributed by atoms with van der Waals surface area (Å²) in [4.78, 5) is 17.2. The standard InChI is InChI=1S/C24H24N4O4S/c1-4-31-18-10-8-17(9-11-18)21-15-33-24(25-21)28-22(12-16(2)27-28)26-23(29)14-32-20-7-5-6-19(13-20)30-3/h5-13,15H,4,14H2,1-3H3,(H,26,29). The van der Waals surface area contributed by atoms with Crippen LogP contribution in [0, 0.1) is 6.92 Å². The third kappa shape index (κ3) is 5.50. The molecule has 1 amide bonds. The Morgan fingerprint density at radius 3 is 2.61 bits per heavy atom. The molecule has 33 heavy (non-hydrogen) atoms. The van der Waals surface area contributed by atoms with E-state index in [-0.39, 0.29) is 12.5 Å². The number of methoxy groups -OCH3 is 1. The zero-order valence-corrected chi connectivity index (χ0v) is 19.4. The molecule has 0 saturated heterocycles. The first kappa shape index (κ1) is 22.3. The van der Waals surface area contributed by atoms with Gasteiger partial charge in [-0.25, -0.2) is 4.98 Å². The molecule has 170 valence electrons. The number of benzene rings is 2. The van der Waals surface area contributed by atoms with E-state index < -0.39 is 0 Å². The molecule has 0 aliphatic heterocycles. The number of nitrogens with zero attached hydrogens (tertiary/aromatic N) is 3. The summed E-state index contributed by atoms with van der Waals surface area (Å²) >= 11 is 1.44. The predicted molar refractivity (Wildman–Crippen MR) is 128 cm³/mol. The summed E-state index contributed by atoms with van der Waals surface area (Å²) in [5.74, 6) is 2.25. The molecule has 9 heteroatoms. The van der Waals surface area contributed by atoms with E-state index in [1.165, 1.54) is 11.3 Å². The van der Waals surface area contributed by atoms with Gasteiger partial charge < -0.3 is 19.5 Å². The van der Waals surface area contributed by atoms with Gasteiger partial charge in [-0.1, -0.05) is 6.07 Å². The Kier molecular flexibility index (Phi) is 6.89. The summed E-state index contributed by atoms with van der Waals surface area (Å²) in [7, 11) is 1.58. The van der Waals surface area contributed by atoms with Crippen molar-refractivity contribution in [3.05, 3.63) is 65.7 Å². The number of rotatable bonds is 9. The Bertz CT molecular complexity index is 1230. The molecule has 2 heterocycles. The number of ether oxygens (including phenoxy) is 3. The van der Waals surface area contributed by atoms with Crippen LogP contribution in [-0.4, -0.2) is 41.0 Å². The van der Waals surface area contributed by atoms with Crippen LogP contribution in [-0.2, 0) is 4.79 Å². The summed E-state index contributed by atoms with van der Waals surface area (Å²) in [5.41, 5.74) is 2.56. The van der Waals surface area contributed by atoms with Gasteiger partial charge in [0.2, 0.25) is 5.13 Å². The minimum Gasteiger partial charge on any atom is -0.497 e. The third-order valence-electron chi connectivity index (χ3n) is 4.64. The largest absolute Gasteiger partial charge is 0.497 e. The van der Waals surface area contributed by atoms with Gasteiger partial charge >= 0.3 is 0 Å². The predicted octanol–water partition coefficient (Wildman–Crippen LogP) is 4.73. The van der Waals surface area contributed by atoms with E-state index in [4.69, 9.17) is 19.2 Å². The van der Waals surface area contributed by atoms with E-state index in [1.807, 2.05) is 49.6 Å². The number of hydrogen-bond donors (Lipinski definition) is 1. The number of carbonyl (C=O) groups excluding carboxylic acids is 1. The normalized spacial score (nSPS) is 10.6. The van der Waals surface area contributed by atoms with Crippen LogP contribution in [0.1, 0.15) is 12.6 Å². The van der Waals surface area contributed by atoms with Gasteiger partial charge in [0.25, 0.3) is 5.91 Å². The second-order valence-electron chi connectivity index (χ2n) is 7.07. The van der Waals surface area contributed by atoms with Gasteiger partial charge in [-0.3, -0.25) is 4.79 Å². The molecule has 0 fully saturated rings. The van der Waals surface area contributed by atoms with Crippen molar-refractivity contribution >= 4 is 23.1 Å². The number of anilines is 1. The highest BCUT2D eigenvalue weighted by Crippen LogP contribution is 2.28. The average Bonchev–Trinajstić information content (AvgIpc) is 3.45. The van der Waals surface area contributed by atoms with Gasteiger partial charge in [0.15, 0.2) is 6.61 Å². The van der Waals surface area contributed by atoms with Crippen molar-refractivity contribution in [2.24, 2.45) is 0 Å². The zero-order valence-electron chi connectivity index (χ0n) is 18.6. The summed E-state index contributed by atoms with van der Waals surface area (Å²) in [5, 5.41) is 9.95. The SMILES string of the molecule is CCOc1ccc(-c2csc(-n3nc(C)cc3NC(=O)COc3cccc(OC)c3)n2)cc1. The van der Waals surface area contributed by atoms with Crippen molar-refractivity contribution in [2.75, 3.05) is 25.6 Å². The second-order valence-corrected chi connectivity index (χ2v) is 7.91. The molecule has 8 nitrogen and oxygen atoms in total. The number of thiazole rings is 1. The summed E-state index contributed by atoms with van der Waals surface area (Å²) < 4.78 is 17.9. The van der Waals surface area contributed by atoms with Crippen LogP contribution in [0.15, 0.2) is 60.0 Å². The van der Waals surface area contributed by atoms with Crippen LogP contribution in [0.2, 0.25) is 0 Å². The second kappa shape index (κ2) is 10.2. The maximum Gasteiger partial charge on any atom is 0.263 e. The molecule has 1 N–H and O–H groups in total. The number of amides is 1. The molecule has 0 spiro atoms. The Morgan fingerprint density at radius 1 is 1.06 bits per heavy atom. The van der Waals surface area contributed by atoms with Gasteiger partial charge in [-0.15, -0.1) is 11.3 Å². The maximum absolute atomic E-state index is 12.5. The van der Waals surface area contributed by atoms with E-state index in [0.717, 1.165) is 22.7 Å². The van der Waals surface area contributed by atoms with Crippen LogP contribution < -0.4 is 19.5 Å². The number of carbonyl (C=O) groups is 1. The summed E-state index contributed by atoms with van der Waals surface area (Å²) in [6.45, 7) is 4.29. The fourth-order valence-corrected chi connectivity index (χ4v) is 3.93. The fraction of sp³-hybridized carbons (Fsp3) is 0.208. The van der Waals surface area contributed by atoms with E-state index in [9.17, 15) is 4.79 Å². The van der Waals surface area contributed by atoms with Crippen LogP contribution in [0.4, 0.5) is 5.82 Å². The van der Waals surface area contributed by atoms with Gasteiger partial charge in [-0.05, 0) is 50.2 Å². The van der Waals surface area contributed by atoms with Crippen molar-refractivity contribution in [1.82, 2.24) is 14.8 Å². The molecule has 4 rings (SSSR count). The Morgan fingerprint density at radius 2 is 1.85 bits per heavy atom. The van der Waals surface area contributed by atoms with Gasteiger partial charge in [-0.2, -0.15) is 9.78 Å². The van der Waals surface area contributed by atoms with Crippen molar-refractivity contribution in [1.29, 1.82) is 0 Å². The van der Waals surface area contributed by atoms with Gasteiger partial charge in [0, 0.05) is 23.1 Å². The van der Waals surface area contributed by atoms with E-state index in [0.29, 0.717) is 29.1 Å². The lowest BCUT2D eigenvalue weighted by atomic mass is 10.2. The first-order valence-electron chi connectivity index (χ1n) is 10.4. The minimum absolute atomic E-state index is 0.146. The van der Waals surface area contributed by atoms with Crippen LogP contribution in [0.3, 0.4) is 0 Å². The topological polar surface area (TPSA) is 87.5 Å². The Hall–Kier alpha value is -3.85. The molecule has 2 aromatic carbocycles. The third-order valence-corrected chi connectivity index (χ3v) is 5.46. The molecular weight excluding hydrogens is 440 g/mol. The highest BCUT2D eigenvalue weighted by atomic mass is 32.1. The summed E-state index contributed by atoms with van der Waals surface area (Å²) in [6.07, 6.45) is 0. The Balaban J connectivity index is 1.45. The quantitative estimate of drug-likeness (QED) is 0.385. The van der Waals surface area contributed by atoms with E-state index >= 15 is 0 Å². The van der Waals surface area contributed by atoms with Crippen LogP contribution in [0.5, 0.6) is 17.2 Å². The van der Waals surface area contributed by atoms with Crippen molar-refractivity contribution in [3.63, 3.8) is 0 Å². The fourth-order valence-electron chi connectivity index (χ4n) is 3.14. The molecule has 0 saturated carbocycles.